The Labute approximate surface area is 168 Å². The Morgan fingerprint density at radius 1 is 1.36 bits per heavy atom. The number of aliphatic hydroxyl groups is 1. The first-order chi connectivity index (χ1) is 13.6. The molecule has 4 rings (SSSR count). The minimum Gasteiger partial charge on any atom is -0.395 e. The lowest BCUT2D eigenvalue weighted by atomic mass is 9.60. The van der Waals surface area contributed by atoms with Crippen LogP contribution in [-0.2, 0) is 4.79 Å². The molecule has 3 fully saturated rings. The molecule has 5 nitrogen and oxygen atoms in total. The predicted octanol–water partition coefficient (Wildman–Crippen LogP) is 2.15. The van der Waals surface area contributed by atoms with E-state index in [1.165, 1.54) is 37.7 Å². The van der Waals surface area contributed by atoms with Crippen molar-refractivity contribution in [2.24, 2.45) is 11.3 Å². The van der Waals surface area contributed by atoms with Gasteiger partial charge in [0.15, 0.2) is 0 Å². The van der Waals surface area contributed by atoms with E-state index < -0.39 is 0 Å². The van der Waals surface area contributed by atoms with Gasteiger partial charge in [-0.15, -0.1) is 0 Å². The van der Waals surface area contributed by atoms with Gasteiger partial charge in [0, 0.05) is 31.7 Å². The molecule has 1 saturated heterocycles. The van der Waals surface area contributed by atoms with Gasteiger partial charge in [0.05, 0.1) is 13.2 Å². The van der Waals surface area contributed by atoms with E-state index >= 15 is 0 Å². The fraction of sp³-hybridized carbons (Fsp3) is 0.696. The number of hydrogen-bond acceptors (Lipinski definition) is 4. The van der Waals surface area contributed by atoms with Crippen LogP contribution in [0.4, 0.5) is 0 Å². The lowest BCUT2D eigenvalue weighted by Crippen LogP contribution is -2.67. The van der Waals surface area contributed by atoms with Crippen LogP contribution in [0.5, 0.6) is 0 Å². The van der Waals surface area contributed by atoms with Gasteiger partial charge < -0.3 is 15.7 Å². The van der Waals surface area contributed by atoms with Crippen molar-refractivity contribution in [2.45, 2.75) is 57.5 Å². The number of hydrogen-bond donors (Lipinski definition) is 3. The van der Waals surface area contributed by atoms with E-state index in [0.717, 1.165) is 25.4 Å². The molecule has 1 spiro atoms. The molecule has 0 bridgehead atoms. The van der Waals surface area contributed by atoms with Gasteiger partial charge in [0.2, 0.25) is 5.91 Å². The van der Waals surface area contributed by atoms with Crippen molar-refractivity contribution in [1.82, 2.24) is 15.5 Å². The van der Waals surface area contributed by atoms with E-state index in [1.807, 2.05) is 0 Å². The van der Waals surface area contributed by atoms with Crippen molar-refractivity contribution in [1.29, 1.82) is 0 Å². The zero-order chi connectivity index (χ0) is 19.6. The molecule has 1 heterocycles. The smallest absolute Gasteiger partial charge is 0.234 e. The predicted molar refractivity (Wildman–Crippen MR) is 112 cm³/mol. The van der Waals surface area contributed by atoms with Crippen LogP contribution in [0.25, 0.3) is 0 Å². The number of likely N-dealkylation sites (tertiary alicyclic amines) is 1. The van der Waals surface area contributed by atoms with Gasteiger partial charge >= 0.3 is 0 Å². The van der Waals surface area contributed by atoms with Gasteiger partial charge in [0.1, 0.15) is 0 Å². The van der Waals surface area contributed by atoms with E-state index in [1.54, 1.807) is 5.57 Å². The number of nitrogens with zero attached hydrogens (tertiary/aromatic N) is 1. The minimum absolute atomic E-state index is 0.00836. The Morgan fingerprint density at radius 2 is 2.18 bits per heavy atom. The number of rotatable bonds is 9. The van der Waals surface area contributed by atoms with E-state index in [0.29, 0.717) is 30.6 Å². The fourth-order valence-corrected chi connectivity index (χ4v) is 5.35. The van der Waals surface area contributed by atoms with Crippen LogP contribution in [-0.4, -0.2) is 60.8 Å². The normalized spacial score (nSPS) is 29.2. The van der Waals surface area contributed by atoms with Crippen molar-refractivity contribution < 1.29 is 9.90 Å². The molecule has 1 aliphatic heterocycles. The Balaban J connectivity index is 1.16. The summed E-state index contributed by atoms with van der Waals surface area (Å²) in [4.78, 5) is 14.0. The average molecular weight is 386 g/mol. The molecule has 3 aliphatic carbocycles. The largest absolute Gasteiger partial charge is 0.395 e. The van der Waals surface area contributed by atoms with Crippen molar-refractivity contribution in [3.63, 3.8) is 0 Å². The monoisotopic (exact) mass is 385 g/mol. The summed E-state index contributed by atoms with van der Waals surface area (Å²) in [5.74, 6) is 0.756. The fourth-order valence-electron chi connectivity index (χ4n) is 5.35. The molecule has 154 valence electrons. The molecular weight excluding hydrogens is 350 g/mol. The number of aliphatic hydroxyl groups excluding tert-OH is 1. The summed E-state index contributed by atoms with van der Waals surface area (Å²) in [5.41, 5.74) is 3.46. The summed E-state index contributed by atoms with van der Waals surface area (Å²) in [6.07, 6.45) is 16.6. The average Bonchev–Trinajstić information content (AvgIpc) is 3.40. The second kappa shape index (κ2) is 8.52. The SMILES string of the molecule is CC/C(=C\C1=CCCC=C1)[C@@H]1CC1NC1CC2(C1)CN(CC(=O)NCCO)C2. The first kappa shape index (κ1) is 19.9. The zero-order valence-electron chi connectivity index (χ0n) is 17.1. The summed E-state index contributed by atoms with van der Waals surface area (Å²) >= 11 is 0. The summed E-state index contributed by atoms with van der Waals surface area (Å²) in [5, 5.41) is 15.4. The van der Waals surface area contributed by atoms with Crippen molar-refractivity contribution in [3.05, 3.63) is 35.5 Å². The quantitative estimate of drug-likeness (QED) is 0.569. The Hall–Kier alpha value is -1.43. The summed E-state index contributed by atoms with van der Waals surface area (Å²) in [7, 11) is 0. The molecule has 0 aromatic rings. The molecule has 2 saturated carbocycles. The third kappa shape index (κ3) is 4.58. The summed E-state index contributed by atoms with van der Waals surface area (Å²) in [6, 6.07) is 1.33. The topological polar surface area (TPSA) is 64.6 Å². The van der Waals surface area contributed by atoms with E-state index in [-0.39, 0.29) is 12.5 Å². The Bertz CT molecular complexity index is 667. The lowest BCUT2D eigenvalue weighted by Gasteiger charge is -2.59. The molecule has 1 unspecified atom stereocenters. The highest BCUT2D eigenvalue weighted by Gasteiger charge is 2.54. The van der Waals surface area contributed by atoms with Crippen molar-refractivity contribution in [2.75, 3.05) is 32.8 Å². The standard InChI is InChI=1S/C23H35N3O2/c1-2-18(10-17-6-4-3-5-7-17)20-11-21(20)25-19-12-23(13-19)15-26(16-23)14-22(28)24-8-9-27/h4,6-7,10,19-21,25,27H,2-3,5,8-9,11-16H2,1H3,(H,24,28)/b18-10+/t20-,21?/m0/s1. The van der Waals surface area contributed by atoms with Crippen LogP contribution in [0, 0.1) is 11.3 Å². The number of amides is 1. The van der Waals surface area contributed by atoms with Gasteiger partial charge in [-0.25, -0.2) is 0 Å². The van der Waals surface area contributed by atoms with Gasteiger partial charge in [-0.05, 0) is 55.4 Å². The number of carbonyl (C=O) groups excluding carboxylic acids is 1. The molecule has 5 heteroatoms. The van der Waals surface area contributed by atoms with Crippen LogP contribution in [0.2, 0.25) is 0 Å². The van der Waals surface area contributed by atoms with Crippen molar-refractivity contribution in [3.8, 4) is 0 Å². The Morgan fingerprint density at radius 3 is 2.86 bits per heavy atom. The zero-order valence-corrected chi connectivity index (χ0v) is 17.1. The third-order valence-corrected chi connectivity index (χ3v) is 6.78. The maximum absolute atomic E-state index is 11.7. The number of allylic oxidation sites excluding steroid dienone is 5. The van der Waals surface area contributed by atoms with Crippen LogP contribution in [0.1, 0.15) is 45.4 Å². The van der Waals surface area contributed by atoms with E-state index in [4.69, 9.17) is 5.11 Å². The van der Waals surface area contributed by atoms with Crippen LogP contribution < -0.4 is 10.6 Å². The molecule has 0 radical (unpaired) electrons. The number of carbonyl (C=O) groups is 1. The summed E-state index contributed by atoms with van der Waals surface area (Å²) in [6.45, 7) is 5.22. The van der Waals surface area contributed by atoms with Crippen LogP contribution >= 0.6 is 0 Å². The molecule has 4 aliphatic rings. The minimum atomic E-state index is 0.00836. The molecule has 0 aromatic heterocycles. The molecule has 0 aromatic carbocycles. The van der Waals surface area contributed by atoms with Crippen molar-refractivity contribution >= 4 is 5.91 Å². The molecule has 28 heavy (non-hydrogen) atoms. The molecular formula is C23H35N3O2. The highest BCUT2D eigenvalue weighted by atomic mass is 16.3. The maximum Gasteiger partial charge on any atom is 0.234 e. The highest BCUT2D eigenvalue weighted by Crippen LogP contribution is 2.50. The lowest BCUT2D eigenvalue weighted by molar-refractivity contribution is -0.130. The first-order valence-corrected chi connectivity index (χ1v) is 11.0. The van der Waals surface area contributed by atoms with Gasteiger partial charge in [-0.1, -0.05) is 36.8 Å². The van der Waals surface area contributed by atoms with Gasteiger partial charge in [0.25, 0.3) is 0 Å². The first-order valence-electron chi connectivity index (χ1n) is 11.0. The highest BCUT2D eigenvalue weighted by molar-refractivity contribution is 5.78. The molecule has 1 amide bonds. The van der Waals surface area contributed by atoms with E-state index in [2.05, 4.69) is 46.8 Å². The molecule has 3 N–H and O–H groups in total. The second-order valence-corrected chi connectivity index (χ2v) is 9.20. The maximum atomic E-state index is 11.7. The van der Waals surface area contributed by atoms with Crippen LogP contribution in [0.15, 0.2) is 35.5 Å². The van der Waals surface area contributed by atoms with Gasteiger partial charge in [-0.2, -0.15) is 0 Å². The Kier molecular flexibility index (Phi) is 6.04. The van der Waals surface area contributed by atoms with Gasteiger partial charge in [-0.3, -0.25) is 9.69 Å². The number of nitrogens with one attached hydrogen (secondary N) is 2. The summed E-state index contributed by atoms with van der Waals surface area (Å²) < 4.78 is 0. The third-order valence-electron chi connectivity index (χ3n) is 6.78. The molecule has 2 atom stereocenters. The van der Waals surface area contributed by atoms with E-state index in [9.17, 15) is 4.79 Å². The van der Waals surface area contributed by atoms with Crippen LogP contribution in [0.3, 0.4) is 0 Å². The second-order valence-electron chi connectivity index (χ2n) is 9.20.